The van der Waals surface area contributed by atoms with Crippen molar-refractivity contribution < 1.29 is 4.74 Å². The molecule has 1 saturated heterocycles. The molecular weight excluding hydrogens is 204 g/mol. The minimum absolute atomic E-state index is 0.0531. The van der Waals surface area contributed by atoms with Crippen molar-refractivity contribution in [2.24, 2.45) is 0 Å². The fourth-order valence-electron chi connectivity index (χ4n) is 2.06. The molecule has 1 aliphatic rings. The highest BCUT2D eigenvalue weighted by Gasteiger charge is 2.37. The highest BCUT2D eigenvalue weighted by molar-refractivity contribution is 5.36. The number of fused-ring (bicyclic) bond motifs is 1. The van der Waals surface area contributed by atoms with Crippen molar-refractivity contribution in [3.63, 3.8) is 0 Å². The molecule has 84 valence electrons. The lowest BCUT2D eigenvalue weighted by atomic mass is 9.90. The Bertz CT molecular complexity index is 498. The van der Waals surface area contributed by atoms with Crippen LogP contribution in [0.4, 0.5) is 0 Å². The minimum atomic E-state index is -0.0531. The Morgan fingerprint density at radius 3 is 3.12 bits per heavy atom. The van der Waals surface area contributed by atoms with E-state index in [-0.39, 0.29) is 5.60 Å². The van der Waals surface area contributed by atoms with E-state index in [4.69, 9.17) is 4.74 Å². The molecule has 0 atom stereocenters. The molecule has 1 fully saturated rings. The van der Waals surface area contributed by atoms with Gasteiger partial charge in [-0.3, -0.25) is 0 Å². The van der Waals surface area contributed by atoms with Gasteiger partial charge in [0.05, 0.1) is 11.8 Å². The van der Waals surface area contributed by atoms with Gasteiger partial charge in [0.25, 0.3) is 0 Å². The standard InChI is InChI=1S/C11H14N4O/c1-16-11(7-12-8-11)4-9-5-13-10-2-3-14-15(10)6-9/h2-3,5-6,12H,4,7-8H2,1H3. The maximum absolute atomic E-state index is 5.55. The molecule has 0 spiro atoms. The Balaban J connectivity index is 1.88. The highest BCUT2D eigenvalue weighted by atomic mass is 16.5. The number of nitrogens with zero attached hydrogens (tertiary/aromatic N) is 3. The first-order valence-electron chi connectivity index (χ1n) is 5.35. The molecule has 5 heteroatoms. The van der Waals surface area contributed by atoms with E-state index in [1.54, 1.807) is 17.8 Å². The van der Waals surface area contributed by atoms with Crippen LogP contribution in [0, 0.1) is 0 Å². The van der Waals surface area contributed by atoms with Crippen molar-refractivity contribution in [1.29, 1.82) is 0 Å². The average molecular weight is 218 g/mol. The van der Waals surface area contributed by atoms with Gasteiger partial charge in [0.1, 0.15) is 0 Å². The van der Waals surface area contributed by atoms with Crippen LogP contribution in [-0.2, 0) is 11.2 Å². The van der Waals surface area contributed by atoms with E-state index in [1.165, 1.54) is 0 Å². The van der Waals surface area contributed by atoms with Crippen LogP contribution in [0.25, 0.3) is 5.65 Å². The molecule has 16 heavy (non-hydrogen) atoms. The summed E-state index contributed by atoms with van der Waals surface area (Å²) in [6.07, 6.45) is 6.54. The summed E-state index contributed by atoms with van der Waals surface area (Å²) < 4.78 is 7.35. The topological polar surface area (TPSA) is 51.5 Å². The summed E-state index contributed by atoms with van der Waals surface area (Å²) >= 11 is 0. The molecule has 0 amide bonds. The SMILES string of the molecule is COC1(Cc2cnc3ccnn3c2)CNC1. The smallest absolute Gasteiger partial charge is 0.154 e. The second kappa shape index (κ2) is 3.54. The van der Waals surface area contributed by atoms with Gasteiger partial charge in [-0.25, -0.2) is 9.50 Å². The summed E-state index contributed by atoms with van der Waals surface area (Å²) in [5.41, 5.74) is 1.98. The van der Waals surface area contributed by atoms with Crippen LogP contribution in [-0.4, -0.2) is 40.4 Å². The molecule has 0 radical (unpaired) electrons. The predicted octanol–water partition coefficient (Wildman–Crippen LogP) is 0.260. The van der Waals surface area contributed by atoms with E-state index >= 15 is 0 Å². The van der Waals surface area contributed by atoms with E-state index in [1.807, 2.05) is 18.5 Å². The number of hydrogen-bond donors (Lipinski definition) is 1. The molecule has 2 aromatic heterocycles. The number of methoxy groups -OCH3 is 1. The zero-order valence-corrected chi connectivity index (χ0v) is 9.18. The molecule has 1 aliphatic heterocycles. The Morgan fingerprint density at radius 1 is 1.56 bits per heavy atom. The normalized spacial score (nSPS) is 18.6. The summed E-state index contributed by atoms with van der Waals surface area (Å²) in [6, 6.07) is 1.89. The first kappa shape index (κ1) is 9.74. The number of rotatable bonds is 3. The molecule has 0 aliphatic carbocycles. The Labute approximate surface area is 93.4 Å². The lowest BCUT2D eigenvalue weighted by molar-refractivity contribution is -0.0503. The molecule has 0 unspecified atom stereocenters. The van der Waals surface area contributed by atoms with Crippen molar-refractivity contribution in [2.45, 2.75) is 12.0 Å². The zero-order valence-electron chi connectivity index (χ0n) is 9.18. The summed E-state index contributed by atoms with van der Waals surface area (Å²) in [4.78, 5) is 4.34. The molecule has 0 aromatic carbocycles. The molecule has 1 N–H and O–H groups in total. The second-order valence-corrected chi connectivity index (χ2v) is 4.26. The Morgan fingerprint density at radius 2 is 2.44 bits per heavy atom. The molecule has 3 heterocycles. The number of hydrogen-bond acceptors (Lipinski definition) is 4. The van der Waals surface area contributed by atoms with Crippen LogP contribution in [0.15, 0.2) is 24.7 Å². The van der Waals surface area contributed by atoms with E-state index in [0.717, 1.165) is 30.7 Å². The van der Waals surface area contributed by atoms with Crippen LogP contribution in [0.5, 0.6) is 0 Å². The van der Waals surface area contributed by atoms with Crippen LogP contribution in [0.2, 0.25) is 0 Å². The van der Waals surface area contributed by atoms with Gasteiger partial charge in [-0.05, 0) is 5.56 Å². The Kier molecular flexibility index (Phi) is 2.15. The van der Waals surface area contributed by atoms with E-state index in [9.17, 15) is 0 Å². The van der Waals surface area contributed by atoms with E-state index < -0.39 is 0 Å². The number of ether oxygens (including phenoxy) is 1. The Hall–Kier alpha value is -1.46. The molecular formula is C11H14N4O. The third-order valence-electron chi connectivity index (χ3n) is 3.15. The van der Waals surface area contributed by atoms with Gasteiger partial charge < -0.3 is 10.1 Å². The van der Waals surface area contributed by atoms with Crippen LogP contribution >= 0.6 is 0 Å². The maximum atomic E-state index is 5.55. The van der Waals surface area contributed by atoms with Crippen LogP contribution in [0.3, 0.4) is 0 Å². The van der Waals surface area contributed by atoms with Crippen molar-refractivity contribution in [3.05, 3.63) is 30.2 Å². The van der Waals surface area contributed by atoms with Crippen molar-refractivity contribution in [1.82, 2.24) is 19.9 Å². The monoisotopic (exact) mass is 218 g/mol. The number of nitrogens with one attached hydrogen (secondary N) is 1. The number of aromatic nitrogens is 3. The van der Waals surface area contributed by atoms with E-state index in [2.05, 4.69) is 15.4 Å². The largest absolute Gasteiger partial charge is 0.375 e. The van der Waals surface area contributed by atoms with Gasteiger partial charge in [0, 0.05) is 45.1 Å². The average Bonchev–Trinajstić information content (AvgIpc) is 2.70. The summed E-state index contributed by atoms with van der Waals surface area (Å²) in [5, 5.41) is 7.41. The fraction of sp³-hybridized carbons (Fsp3) is 0.455. The summed E-state index contributed by atoms with van der Waals surface area (Å²) in [7, 11) is 1.76. The van der Waals surface area contributed by atoms with Gasteiger partial charge in [-0.2, -0.15) is 5.10 Å². The van der Waals surface area contributed by atoms with Crippen molar-refractivity contribution >= 4 is 5.65 Å². The molecule has 2 aromatic rings. The van der Waals surface area contributed by atoms with Crippen LogP contribution in [0.1, 0.15) is 5.56 Å². The van der Waals surface area contributed by atoms with E-state index in [0.29, 0.717) is 0 Å². The minimum Gasteiger partial charge on any atom is -0.375 e. The lowest BCUT2D eigenvalue weighted by Crippen LogP contribution is -2.61. The third kappa shape index (κ3) is 1.48. The van der Waals surface area contributed by atoms with Gasteiger partial charge >= 0.3 is 0 Å². The maximum Gasteiger partial charge on any atom is 0.154 e. The molecule has 0 bridgehead atoms. The van der Waals surface area contributed by atoms with Gasteiger partial charge in [-0.1, -0.05) is 0 Å². The first-order chi connectivity index (χ1) is 7.81. The predicted molar refractivity (Wildman–Crippen MR) is 59.3 cm³/mol. The molecule has 3 rings (SSSR count). The lowest BCUT2D eigenvalue weighted by Gasteiger charge is -2.41. The fourth-order valence-corrected chi connectivity index (χ4v) is 2.06. The third-order valence-corrected chi connectivity index (χ3v) is 3.15. The van der Waals surface area contributed by atoms with Gasteiger partial charge in [0.15, 0.2) is 5.65 Å². The van der Waals surface area contributed by atoms with Crippen LogP contribution < -0.4 is 5.32 Å². The summed E-state index contributed by atoms with van der Waals surface area (Å²) in [6.45, 7) is 1.81. The van der Waals surface area contributed by atoms with Crippen molar-refractivity contribution in [3.8, 4) is 0 Å². The second-order valence-electron chi connectivity index (χ2n) is 4.26. The quantitative estimate of drug-likeness (QED) is 0.803. The molecule has 0 saturated carbocycles. The van der Waals surface area contributed by atoms with Crippen molar-refractivity contribution in [2.75, 3.05) is 20.2 Å². The molecule has 5 nitrogen and oxygen atoms in total. The highest BCUT2D eigenvalue weighted by Crippen LogP contribution is 2.21. The van der Waals surface area contributed by atoms with Gasteiger partial charge in [-0.15, -0.1) is 0 Å². The van der Waals surface area contributed by atoms with Gasteiger partial charge in [0.2, 0.25) is 0 Å². The summed E-state index contributed by atoms with van der Waals surface area (Å²) in [5.74, 6) is 0. The first-order valence-corrected chi connectivity index (χ1v) is 5.35. The zero-order chi connectivity index (χ0) is 11.0.